The molecule has 0 aliphatic rings. The molecular weight excluding hydrogens is 263 g/mol. The highest BCUT2D eigenvalue weighted by atomic mass is 19.4. The molecule has 0 rings (SSSR count). The second-order valence-corrected chi connectivity index (χ2v) is 5.38. The van der Waals surface area contributed by atoms with Crippen LogP contribution in [0.3, 0.4) is 0 Å². The molecule has 0 fully saturated rings. The number of carbonyl (C=O) groups excluding carboxylic acids is 1. The summed E-state index contributed by atoms with van der Waals surface area (Å²) in [6, 6.07) is -0.337. The topological polar surface area (TPSA) is 57.6 Å². The number of aliphatic carboxylic acids is 1. The Hall–Kier alpha value is -1.27. The third kappa shape index (κ3) is 5.48. The molecule has 0 saturated heterocycles. The summed E-state index contributed by atoms with van der Waals surface area (Å²) in [4.78, 5) is 23.5. The number of carboxylic acid groups (broad SMARTS) is 1. The van der Waals surface area contributed by atoms with E-state index in [1.165, 1.54) is 4.90 Å². The van der Waals surface area contributed by atoms with Crippen molar-refractivity contribution < 1.29 is 27.9 Å². The van der Waals surface area contributed by atoms with E-state index in [1.54, 1.807) is 13.8 Å². The number of carbonyl (C=O) groups is 2. The predicted molar refractivity (Wildman–Crippen MR) is 63.6 cm³/mol. The van der Waals surface area contributed by atoms with Gasteiger partial charge in [-0.15, -0.1) is 0 Å². The summed E-state index contributed by atoms with van der Waals surface area (Å²) >= 11 is 0. The van der Waals surface area contributed by atoms with Crippen LogP contribution in [0.5, 0.6) is 0 Å². The van der Waals surface area contributed by atoms with Gasteiger partial charge in [-0.3, -0.25) is 9.59 Å². The lowest BCUT2D eigenvalue weighted by molar-refractivity contribution is -0.215. The third-order valence-corrected chi connectivity index (χ3v) is 2.87. The fourth-order valence-electron chi connectivity index (χ4n) is 1.47. The molecule has 0 radical (unpaired) electrons. The van der Waals surface area contributed by atoms with Gasteiger partial charge in [0.2, 0.25) is 5.91 Å². The molecule has 0 heterocycles. The molecule has 0 bridgehead atoms. The molecule has 0 aromatic carbocycles. The van der Waals surface area contributed by atoms with Crippen molar-refractivity contribution in [3.05, 3.63) is 0 Å². The number of hydrogen-bond acceptors (Lipinski definition) is 2. The first-order valence-corrected chi connectivity index (χ1v) is 5.96. The monoisotopic (exact) mass is 283 g/mol. The number of hydrogen-bond donors (Lipinski definition) is 1. The maximum atomic E-state index is 12.7. The maximum absolute atomic E-state index is 12.7. The second kappa shape index (κ2) is 6.25. The smallest absolute Gasteiger partial charge is 0.394 e. The molecule has 0 atom stereocenters. The fraction of sp³-hybridized carbons (Fsp3) is 0.833. The summed E-state index contributed by atoms with van der Waals surface area (Å²) in [5.74, 6) is -1.77. The van der Waals surface area contributed by atoms with Crippen molar-refractivity contribution in [1.82, 2.24) is 4.90 Å². The maximum Gasteiger partial charge on any atom is 0.394 e. The van der Waals surface area contributed by atoms with Crippen molar-refractivity contribution in [3.63, 3.8) is 0 Å². The molecule has 1 amide bonds. The van der Waals surface area contributed by atoms with Crippen LogP contribution < -0.4 is 0 Å². The Labute approximate surface area is 110 Å². The SMILES string of the molecule is CC(C)N(CCC(=O)O)C(=O)CC(C)(C)C(F)(F)F. The minimum atomic E-state index is -4.47. The van der Waals surface area contributed by atoms with E-state index < -0.39 is 29.9 Å². The molecule has 19 heavy (non-hydrogen) atoms. The largest absolute Gasteiger partial charge is 0.481 e. The standard InChI is InChI=1S/C12H20F3NO3/c1-8(2)16(6-5-10(18)19)9(17)7-11(3,4)12(13,14)15/h8H,5-7H2,1-4H3,(H,18,19). The molecule has 7 heteroatoms. The lowest BCUT2D eigenvalue weighted by Gasteiger charge is -2.32. The van der Waals surface area contributed by atoms with E-state index in [0.717, 1.165) is 13.8 Å². The van der Waals surface area contributed by atoms with Crippen LogP contribution in [0.2, 0.25) is 0 Å². The first-order valence-electron chi connectivity index (χ1n) is 5.96. The van der Waals surface area contributed by atoms with Gasteiger partial charge in [0.15, 0.2) is 0 Å². The Bertz CT molecular complexity index is 338. The molecule has 112 valence electrons. The van der Waals surface area contributed by atoms with Gasteiger partial charge in [-0.2, -0.15) is 13.2 Å². The Kier molecular flexibility index (Phi) is 5.83. The van der Waals surface area contributed by atoms with Gasteiger partial charge in [0.1, 0.15) is 0 Å². The highest BCUT2D eigenvalue weighted by molar-refractivity contribution is 5.78. The lowest BCUT2D eigenvalue weighted by Crippen LogP contribution is -2.43. The summed E-state index contributed by atoms with van der Waals surface area (Å²) in [7, 11) is 0. The first-order chi connectivity index (χ1) is 8.38. The van der Waals surface area contributed by atoms with Crippen LogP contribution in [0.4, 0.5) is 13.2 Å². The minimum absolute atomic E-state index is 0.0836. The normalized spacial score (nSPS) is 12.6. The molecular formula is C12H20F3NO3. The zero-order valence-electron chi connectivity index (χ0n) is 11.5. The first kappa shape index (κ1) is 17.7. The molecule has 4 nitrogen and oxygen atoms in total. The van der Waals surface area contributed by atoms with Crippen LogP contribution in [-0.4, -0.2) is 40.6 Å². The molecule has 1 N–H and O–H groups in total. The van der Waals surface area contributed by atoms with E-state index in [0.29, 0.717) is 0 Å². The van der Waals surface area contributed by atoms with E-state index in [4.69, 9.17) is 5.11 Å². The van der Waals surface area contributed by atoms with Gasteiger partial charge in [-0.25, -0.2) is 0 Å². The Morgan fingerprint density at radius 1 is 1.21 bits per heavy atom. The van der Waals surface area contributed by atoms with Crippen molar-refractivity contribution in [2.24, 2.45) is 5.41 Å². The second-order valence-electron chi connectivity index (χ2n) is 5.38. The van der Waals surface area contributed by atoms with Gasteiger partial charge in [-0.05, 0) is 13.8 Å². The molecule has 0 aromatic rings. The molecule has 0 unspecified atom stereocenters. The average Bonchev–Trinajstić information content (AvgIpc) is 2.13. The fourth-order valence-corrected chi connectivity index (χ4v) is 1.47. The number of amides is 1. The van der Waals surface area contributed by atoms with Crippen LogP contribution in [0, 0.1) is 5.41 Å². The van der Waals surface area contributed by atoms with Crippen LogP contribution >= 0.6 is 0 Å². The number of halogens is 3. The lowest BCUT2D eigenvalue weighted by atomic mass is 9.87. The Balaban J connectivity index is 4.79. The van der Waals surface area contributed by atoms with Crippen molar-refractivity contribution in [1.29, 1.82) is 0 Å². The van der Waals surface area contributed by atoms with Gasteiger partial charge in [-0.1, -0.05) is 13.8 Å². The summed E-state index contributed by atoms with van der Waals surface area (Å²) in [5, 5.41) is 8.57. The number of alkyl halides is 3. The summed E-state index contributed by atoms with van der Waals surface area (Å²) < 4.78 is 38.1. The molecule has 0 aliphatic heterocycles. The van der Waals surface area contributed by atoms with Crippen molar-refractivity contribution in [2.75, 3.05) is 6.54 Å². The van der Waals surface area contributed by atoms with Crippen LogP contribution in [0.25, 0.3) is 0 Å². The zero-order chi connectivity index (χ0) is 15.4. The molecule has 0 spiro atoms. The van der Waals surface area contributed by atoms with Crippen molar-refractivity contribution in [2.45, 2.75) is 52.8 Å². The molecule has 0 aromatic heterocycles. The molecule has 0 saturated carbocycles. The Morgan fingerprint density at radius 2 is 1.68 bits per heavy atom. The summed E-state index contributed by atoms with van der Waals surface area (Å²) in [5.41, 5.74) is -2.12. The van der Waals surface area contributed by atoms with E-state index in [9.17, 15) is 22.8 Å². The Morgan fingerprint density at radius 3 is 2.00 bits per heavy atom. The van der Waals surface area contributed by atoms with E-state index in [-0.39, 0.29) is 19.0 Å². The van der Waals surface area contributed by atoms with Crippen molar-refractivity contribution in [3.8, 4) is 0 Å². The van der Waals surface area contributed by atoms with Gasteiger partial charge in [0, 0.05) is 19.0 Å². The predicted octanol–water partition coefficient (Wildman–Crippen LogP) is 2.68. The minimum Gasteiger partial charge on any atom is -0.481 e. The van der Waals surface area contributed by atoms with Crippen LogP contribution in [0.1, 0.15) is 40.5 Å². The number of carboxylic acids is 1. The van der Waals surface area contributed by atoms with E-state index in [1.807, 2.05) is 0 Å². The summed E-state index contributed by atoms with van der Waals surface area (Å²) in [6.07, 6.45) is -5.44. The van der Waals surface area contributed by atoms with Crippen LogP contribution in [-0.2, 0) is 9.59 Å². The summed E-state index contributed by atoms with van der Waals surface area (Å²) in [6.45, 7) is 5.11. The number of nitrogens with zero attached hydrogens (tertiary/aromatic N) is 1. The third-order valence-electron chi connectivity index (χ3n) is 2.87. The number of rotatable bonds is 6. The van der Waals surface area contributed by atoms with Gasteiger partial charge < -0.3 is 10.0 Å². The highest BCUT2D eigenvalue weighted by Crippen LogP contribution is 2.40. The van der Waals surface area contributed by atoms with Gasteiger partial charge in [0.25, 0.3) is 0 Å². The van der Waals surface area contributed by atoms with Gasteiger partial charge in [0.05, 0.1) is 11.8 Å². The quantitative estimate of drug-likeness (QED) is 0.815. The van der Waals surface area contributed by atoms with E-state index >= 15 is 0 Å². The van der Waals surface area contributed by atoms with Crippen LogP contribution in [0.15, 0.2) is 0 Å². The molecule has 0 aliphatic carbocycles. The van der Waals surface area contributed by atoms with Crippen molar-refractivity contribution >= 4 is 11.9 Å². The highest BCUT2D eigenvalue weighted by Gasteiger charge is 2.48. The van der Waals surface area contributed by atoms with Gasteiger partial charge >= 0.3 is 12.1 Å². The van der Waals surface area contributed by atoms with E-state index in [2.05, 4.69) is 0 Å². The zero-order valence-corrected chi connectivity index (χ0v) is 11.5. The average molecular weight is 283 g/mol.